The summed E-state index contributed by atoms with van der Waals surface area (Å²) in [6, 6.07) is 12.1. The molecule has 1 aliphatic carbocycles. The Morgan fingerprint density at radius 2 is 2.13 bits per heavy atom. The number of amides is 1. The van der Waals surface area contributed by atoms with E-state index in [2.05, 4.69) is 17.1 Å². The molecule has 3 rings (SSSR count). The largest absolute Gasteiger partial charge is 0.467 e. The molecule has 23 heavy (non-hydrogen) atoms. The van der Waals surface area contributed by atoms with Crippen LogP contribution in [0.2, 0.25) is 5.02 Å². The van der Waals surface area contributed by atoms with E-state index < -0.39 is 0 Å². The smallest absolute Gasteiger partial charge is 0.234 e. The topological polar surface area (TPSA) is 45.5 Å². The molecular formula is C18H21ClN2O2. The SMILES string of the molecule is C[C@@H](c1ccccc1Cl)N(CC(=O)NCc1ccco1)C1CC1. The molecule has 1 fully saturated rings. The second-order valence-electron chi connectivity index (χ2n) is 5.96. The lowest BCUT2D eigenvalue weighted by atomic mass is 10.1. The lowest BCUT2D eigenvalue weighted by Crippen LogP contribution is -2.39. The van der Waals surface area contributed by atoms with E-state index in [0.29, 0.717) is 19.1 Å². The minimum Gasteiger partial charge on any atom is -0.467 e. The predicted octanol–water partition coefficient (Wildman–Crippen LogP) is 3.77. The van der Waals surface area contributed by atoms with Crippen molar-refractivity contribution in [3.8, 4) is 0 Å². The summed E-state index contributed by atoms with van der Waals surface area (Å²) < 4.78 is 5.24. The number of carbonyl (C=O) groups excluding carboxylic acids is 1. The third kappa shape index (κ3) is 4.15. The van der Waals surface area contributed by atoms with Crippen molar-refractivity contribution in [1.82, 2.24) is 10.2 Å². The fourth-order valence-electron chi connectivity index (χ4n) is 2.80. The van der Waals surface area contributed by atoms with Crippen molar-refractivity contribution in [2.75, 3.05) is 6.54 Å². The van der Waals surface area contributed by atoms with E-state index in [1.807, 2.05) is 36.4 Å². The molecule has 0 radical (unpaired) electrons. The van der Waals surface area contributed by atoms with Crippen molar-refractivity contribution in [3.63, 3.8) is 0 Å². The maximum absolute atomic E-state index is 12.3. The molecule has 0 unspecified atom stereocenters. The number of furan rings is 1. The minimum absolute atomic E-state index is 0.00667. The van der Waals surface area contributed by atoms with Crippen molar-refractivity contribution in [2.24, 2.45) is 0 Å². The summed E-state index contributed by atoms with van der Waals surface area (Å²) in [5, 5.41) is 3.66. The van der Waals surface area contributed by atoms with Crippen LogP contribution >= 0.6 is 11.6 Å². The highest BCUT2D eigenvalue weighted by Gasteiger charge is 2.34. The fourth-order valence-corrected chi connectivity index (χ4v) is 3.10. The molecule has 2 aromatic rings. The van der Waals surface area contributed by atoms with Gasteiger partial charge in [0.25, 0.3) is 0 Å². The maximum atomic E-state index is 12.3. The Bertz CT molecular complexity index is 653. The van der Waals surface area contributed by atoms with Crippen molar-refractivity contribution >= 4 is 17.5 Å². The van der Waals surface area contributed by atoms with Gasteiger partial charge in [0.05, 0.1) is 19.4 Å². The fraction of sp³-hybridized carbons (Fsp3) is 0.389. The van der Waals surface area contributed by atoms with Gasteiger partial charge in [-0.1, -0.05) is 29.8 Å². The molecule has 1 aromatic carbocycles. The zero-order chi connectivity index (χ0) is 16.2. The molecule has 122 valence electrons. The molecule has 1 aromatic heterocycles. The van der Waals surface area contributed by atoms with Gasteiger partial charge in [-0.05, 0) is 43.5 Å². The van der Waals surface area contributed by atoms with Gasteiger partial charge in [0.15, 0.2) is 0 Å². The Hall–Kier alpha value is -1.78. The minimum atomic E-state index is 0.00667. The number of rotatable bonds is 7. The van der Waals surface area contributed by atoms with Crippen LogP contribution < -0.4 is 5.32 Å². The molecule has 1 N–H and O–H groups in total. The molecule has 4 nitrogen and oxygen atoms in total. The van der Waals surface area contributed by atoms with Crippen LogP contribution in [-0.4, -0.2) is 23.4 Å². The number of carbonyl (C=O) groups is 1. The van der Waals surface area contributed by atoms with E-state index in [4.69, 9.17) is 16.0 Å². The first-order valence-corrected chi connectivity index (χ1v) is 8.32. The number of nitrogens with one attached hydrogen (secondary N) is 1. The lowest BCUT2D eigenvalue weighted by Gasteiger charge is -2.29. The quantitative estimate of drug-likeness (QED) is 0.839. The van der Waals surface area contributed by atoms with Crippen molar-refractivity contribution in [2.45, 2.75) is 38.4 Å². The second-order valence-corrected chi connectivity index (χ2v) is 6.36. The third-order valence-corrected chi connectivity index (χ3v) is 4.58. The van der Waals surface area contributed by atoms with Gasteiger partial charge in [-0.25, -0.2) is 0 Å². The van der Waals surface area contributed by atoms with Crippen molar-refractivity contribution in [1.29, 1.82) is 0 Å². The highest BCUT2D eigenvalue weighted by Crippen LogP contribution is 2.36. The average Bonchev–Trinajstić information content (AvgIpc) is 3.25. The predicted molar refractivity (Wildman–Crippen MR) is 90.1 cm³/mol. The number of nitrogens with zero attached hydrogens (tertiary/aromatic N) is 1. The van der Waals surface area contributed by atoms with Crippen molar-refractivity contribution in [3.05, 3.63) is 59.0 Å². The van der Waals surface area contributed by atoms with Gasteiger partial charge >= 0.3 is 0 Å². The van der Waals surface area contributed by atoms with Crippen LogP contribution in [0.3, 0.4) is 0 Å². The van der Waals surface area contributed by atoms with E-state index in [0.717, 1.165) is 29.2 Å². The van der Waals surface area contributed by atoms with Crippen molar-refractivity contribution < 1.29 is 9.21 Å². The van der Waals surface area contributed by atoms with E-state index in [9.17, 15) is 4.79 Å². The maximum Gasteiger partial charge on any atom is 0.234 e. The van der Waals surface area contributed by atoms with Crippen LogP contribution in [-0.2, 0) is 11.3 Å². The molecule has 1 atom stereocenters. The summed E-state index contributed by atoms with van der Waals surface area (Å²) in [5.74, 6) is 0.766. The molecule has 0 saturated heterocycles. The van der Waals surface area contributed by atoms with Crippen LogP contribution in [0, 0.1) is 0 Å². The summed E-state index contributed by atoms with van der Waals surface area (Å²) >= 11 is 6.31. The molecule has 1 amide bonds. The van der Waals surface area contributed by atoms with Gasteiger partial charge in [0.2, 0.25) is 5.91 Å². The zero-order valence-corrected chi connectivity index (χ0v) is 13.9. The Balaban J connectivity index is 1.62. The van der Waals surface area contributed by atoms with Crippen LogP contribution in [0.4, 0.5) is 0 Å². The van der Waals surface area contributed by atoms with Crippen LogP contribution in [0.1, 0.15) is 37.1 Å². The Labute approximate surface area is 141 Å². The monoisotopic (exact) mass is 332 g/mol. The number of hydrogen-bond acceptors (Lipinski definition) is 3. The molecule has 5 heteroatoms. The number of hydrogen-bond donors (Lipinski definition) is 1. The average molecular weight is 333 g/mol. The summed E-state index contributed by atoms with van der Waals surface area (Å²) in [7, 11) is 0. The summed E-state index contributed by atoms with van der Waals surface area (Å²) in [6.07, 6.45) is 3.89. The number of halogens is 1. The Morgan fingerprint density at radius 1 is 1.35 bits per heavy atom. The highest BCUT2D eigenvalue weighted by molar-refractivity contribution is 6.31. The molecule has 1 saturated carbocycles. The summed E-state index contributed by atoms with van der Waals surface area (Å²) in [4.78, 5) is 14.5. The van der Waals surface area contributed by atoms with E-state index >= 15 is 0 Å². The first kappa shape index (κ1) is 16.1. The highest BCUT2D eigenvalue weighted by atomic mass is 35.5. The van der Waals surface area contributed by atoms with Crippen LogP contribution in [0.15, 0.2) is 47.1 Å². The first-order chi connectivity index (χ1) is 11.1. The van der Waals surface area contributed by atoms with Gasteiger partial charge in [-0.2, -0.15) is 0 Å². The van der Waals surface area contributed by atoms with E-state index in [-0.39, 0.29) is 11.9 Å². The number of benzene rings is 1. The van der Waals surface area contributed by atoms with Gasteiger partial charge in [0.1, 0.15) is 5.76 Å². The molecule has 1 heterocycles. The second kappa shape index (κ2) is 7.20. The molecular weight excluding hydrogens is 312 g/mol. The van der Waals surface area contributed by atoms with Crippen LogP contribution in [0.5, 0.6) is 0 Å². The normalized spacial score (nSPS) is 15.6. The lowest BCUT2D eigenvalue weighted by molar-refractivity contribution is -0.123. The molecule has 0 bridgehead atoms. The van der Waals surface area contributed by atoms with E-state index in [1.165, 1.54) is 0 Å². The third-order valence-electron chi connectivity index (χ3n) is 4.23. The van der Waals surface area contributed by atoms with Gasteiger partial charge in [-0.15, -0.1) is 0 Å². The molecule has 1 aliphatic rings. The summed E-state index contributed by atoms with van der Waals surface area (Å²) in [5.41, 5.74) is 1.07. The summed E-state index contributed by atoms with van der Waals surface area (Å²) in [6.45, 7) is 2.90. The van der Waals surface area contributed by atoms with E-state index in [1.54, 1.807) is 6.26 Å². The zero-order valence-electron chi connectivity index (χ0n) is 13.2. The Morgan fingerprint density at radius 3 is 2.78 bits per heavy atom. The molecule has 0 spiro atoms. The van der Waals surface area contributed by atoms with Crippen LogP contribution in [0.25, 0.3) is 0 Å². The first-order valence-electron chi connectivity index (χ1n) is 7.94. The molecule has 0 aliphatic heterocycles. The van der Waals surface area contributed by atoms with Gasteiger partial charge < -0.3 is 9.73 Å². The Kier molecular flexibility index (Phi) is 5.03. The standard InChI is InChI=1S/C18H21ClN2O2/c1-13(16-6-2-3-7-17(16)19)21(14-8-9-14)12-18(22)20-11-15-5-4-10-23-15/h2-7,10,13-14H,8-9,11-12H2,1H3,(H,20,22)/t13-/m0/s1. The van der Waals surface area contributed by atoms with Gasteiger partial charge in [-0.3, -0.25) is 9.69 Å². The van der Waals surface area contributed by atoms with Gasteiger partial charge in [0, 0.05) is 17.1 Å².